The first-order chi connectivity index (χ1) is 9.93. The van der Waals surface area contributed by atoms with Gasteiger partial charge in [0.15, 0.2) is 5.13 Å². The van der Waals surface area contributed by atoms with Gasteiger partial charge in [-0.3, -0.25) is 0 Å². The van der Waals surface area contributed by atoms with Gasteiger partial charge in [0.25, 0.3) is 0 Å². The highest BCUT2D eigenvalue weighted by Crippen LogP contribution is 2.58. The molecule has 5 rings (SSSR count). The zero-order valence-corrected chi connectivity index (χ0v) is 13.4. The highest BCUT2D eigenvalue weighted by atomic mass is 32.1. The van der Waals surface area contributed by atoms with Crippen LogP contribution in [0.25, 0.3) is 0 Å². The first-order valence-electron chi connectivity index (χ1n) is 8.09. The number of aromatic nitrogens is 1. The van der Waals surface area contributed by atoms with Crippen LogP contribution < -0.4 is 5.32 Å². The summed E-state index contributed by atoms with van der Waals surface area (Å²) in [7, 11) is 0. The molecule has 5 heteroatoms. The van der Waals surface area contributed by atoms with Crippen LogP contribution >= 0.6 is 11.3 Å². The lowest BCUT2D eigenvalue weighted by Gasteiger charge is -2.56. The minimum Gasteiger partial charge on any atom is -0.492 e. The molecule has 0 radical (unpaired) electrons. The van der Waals surface area contributed by atoms with Gasteiger partial charge in [-0.1, -0.05) is 25.2 Å². The minimum atomic E-state index is -0.886. The molecule has 3 nitrogen and oxygen atoms in total. The molecule has 4 bridgehead atoms. The van der Waals surface area contributed by atoms with Gasteiger partial charge < -0.3 is 10.4 Å². The van der Waals surface area contributed by atoms with Crippen molar-refractivity contribution in [2.24, 2.45) is 17.8 Å². The Kier molecular flexibility index (Phi) is 3.01. The first kappa shape index (κ1) is 13.8. The number of nitrogens with one attached hydrogen (secondary N) is 1. The molecule has 0 aromatic carbocycles. The van der Waals surface area contributed by atoms with Gasteiger partial charge in [-0.25, -0.2) is 4.39 Å². The van der Waals surface area contributed by atoms with Crippen LogP contribution in [-0.2, 0) is 0 Å². The molecule has 4 aliphatic rings. The molecule has 0 aliphatic heterocycles. The van der Waals surface area contributed by atoms with Crippen LogP contribution in [-0.4, -0.2) is 21.8 Å². The van der Waals surface area contributed by atoms with Crippen molar-refractivity contribution in [2.45, 2.75) is 63.6 Å². The van der Waals surface area contributed by atoms with E-state index in [0.29, 0.717) is 36.6 Å². The van der Waals surface area contributed by atoms with E-state index in [2.05, 4.69) is 24.1 Å². The van der Waals surface area contributed by atoms with Crippen LogP contribution in [0, 0.1) is 17.8 Å². The third-order valence-electron chi connectivity index (χ3n) is 5.65. The molecule has 1 heterocycles. The van der Waals surface area contributed by atoms with Gasteiger partial charge in [0.1, 0.15) is 5.67 Å². The van der Waals surface area contributed by atoms with Crippen molar-refractivity contribution in [3.8, 4) is 5.88 Å². The second kappa shape index (κ2) is 4.58. The fourth-order valence-electron chi connectivity index (χ4n) is 5.07. The topological polar surface area (TPSA) is 45.2 Å². The fraction of sp³-hybridized carbons (Fsp3) is 0.812. The molecule has 0 amide bonds. The second-order valence-corrected chi connectivity index (χ2v) is 8.68. The van der Waals surface area contributed by atoms with Crippen LogP contribution in [0.4, 0.5) is 9.52 Å². The van der Waals surface area contributed by atoms with Crippen LogP contribution in [0.1, 0.15) is 56.7 Å². The second-order valence-electron chi connectivity index (χ2n) is 7.65. The van der Waals surface area contributed by atoms with E-state index >= 15 is 0 Å². The molecule has 2 atom stereocenters. The molecule has 0 spiro atoms. The predicted octanol–water partition coefficient (Wildman–Crippen LogP) is 4.30. The number of nitrogens with zero attached hydrogens (tertiary/aromatic N) is 1. The Morgan fingerprint density at radius 3 is 2.48 bits per heavy atom. The zero-order valence-electron chi connectivity index (χ0n) is 12.6. The van der Waals surface area contributed by atoms with Crippen LogP contribution in [0.15, 0.2) is 0 Å². The number of anilines is 1. The Balaban J connectivity index is 1.54. The van der Waals surface area contributed by atoms with E-state index in [9.17, 15) is 9.50 Å². The number of alkyl halides is 1. The largest absolute Gasteiger partial charge is 0.492 e. The molecule has 0 saturated heterocycles. The summed E-state index contributed by atoms with van der Waals surface area (Å²) in [4.78, 5) is 5.20. The van der Waals surface area contributed by atoms with E-state index in [0.717, 1.165) is 29.3 Å². The van der Waals surface area contributed by atoms with Gasteiger partial charge in [-0.15, -0.1) is 0 Å². The van der Waals surface area contributed by atoms with Crippen LogP contribution in [0.3, 0.4) is 0 Å². The molecular formula is C16H23FN2OS. The van der Waals surface area contributed by atoms with Gasteiger partial charge in [-0.2, -0.15) is 4.98 Å². The normalized spacial score (nSPS) is 41.0. The lowest BCUT2D eigenvalue weighted by atomic mass is 9.53. The zero-order chi connectivity index (χ0) is 14.8. The van der Waals surface area contributed by atoms with E-state index < -0.39 is 5.67 Å². The Labute approximate surface area is 129 Å². The summed E-state index contributed by atoms with van der Waals surface area (Å²) >= 11 is 1.55. The van der Waals surface area contributed by atoms with Crippen molar-refractivity contribution in [1.29, 1.82) is 0 Å². The molecule has 2 unspecified atom stereocenters. The van der Waals surface area contributed by atoms with Crippen molar-refractivity contribution in [3.05, 3.63) is 4.88 Å². The van der Waals surface area contributed by atoms with Crippen molar-refractivity contribution >= 4 is 16.5 Å². The molecule has 21 heavy (non-hydrogen) atoms. The molecular weight excluding hydrogens is 287 g/mol. The van der Waals surface area contributed by atoms with E-state index in [1.54, 1.807) is 11.3 Å². The van der Waals surface area contributed by atoms with Gasteiger partial charge >= 0.3 is 0 Å². The molecule has 4 saturated carbocycles. The maximum Gasteiger partial charge on any atom is 0.227 e. The monoisotopic (exact) mass is 310 g/mol. The third kappa shape index (κ3) is 2.24. The number of hydrogen-bond donors (Lipinski definition) is 2. The lowest BCUT2D eigenvalue weighted by Crippen LogP contribution is -2.57. The summed E-state index contributed by atoms with van der Waals surface area (Å²) < 4.78 is 14.7. The maximum absolute atomic E-state index is 14.7. The van der Waals surface area contributed by atoms with Crippen molar-refractivity contribution < 1.29 is 9.50 Å². The number of halogens is 1. The summed E-state index contributed by atoms with van der Waals surface area (Å²) in [6.07, 6.45) is 4.54. The summed E-state index contributed by atoms with van der Waals surface area (Å²) in [6, 6.07) is 0.344. The number of rotatable bonds is 3. The van der Waals surface area contributed by atoms with Gasteiger partial charge in [0.05, 0.1) is 4.88 Å². The van der Waals surface area contributed by atoms with Crippen LogP contribution in [0.2, 0.25) is 0 Å². The summed E-state index contributed by atoms with van der Waals surface area (Å²) in [5, 5.41) is 14.3. The van der Waals surface area contributed by atoms with Gasteiger partial charge in [-0.05, 0) is 55.8 Å². The van der Waals surface area contributed by atoms with Crippen molar-refractivity contribution in [1.82, 2.24) is 4.98 Å². The highest BCUT2D eigenvalue weighted by Gasteiger charge is 2.56. The van der Waals surface area contributed by atoms with E-state index in [1.165, 1.54) is 0 Å². The number of thiazole rings is 1. The Hall–Kier alpha value is -0.840. The average Bonchev–Trinajstić information content (AvgIpc) is 2.73. The van der Waals surface area contributed by atoms with E-state index in [1.807, 2.05) is 0 Å². The summed E-state index contributed by atoms with van der Waals surface area (Å²) in [6.45, 7) is 4.12. The van der Waals surface area contributed by atoms with Gasteiger partial charge in [0.2, 0.25) is 5.88 Å². The molecule has 1 aromatic heterocycles. The molecule has 116 valence electrons. The van der Waals surface area contributed by atoms with Crippen molar-refractivity contribution in [3.63, 3.8) is 0 Å². The van der Waals surface area contributed by atoms with E-state index in [-0.39, 0.29) is 11.8 Å². The summed E-state index contributed by atoms with van der Waals surface area (Å²) in [5.74, 6) is 1.92. The smallest absolute Gasteiger partial charge is 0.227 e. The number of hydrogen-bond acceptors (Lipinski definition) is 4. The predicted molar refractivity (Wildman–Crippen MR) is 82.7 cm³/mol. The highest BCUT2D eigenvalue weighted by molar-refractivity contribution is 7.16. The Morgan fingerprint density at radius 1 is 1.29 bits per heavy atom. The van der Waals surface area contributed by atoms with Gasteiger partial charge in [0, 0.05) is 6.04 Å². The SMILES string of the molecule is CC(C)c1sc(NC2C3CC4CC2CC(F)(C4)C3)nc1O. The maximum atomic E-state index is 14.7. The van der Waals surface area contributed by atoms with E-state index in [4.69, 9.17) is 0 Å². The standard InChI is InChI=1S/C16H23FN2OS/c1-8(2)13-14(20)19-15(21-13)18-12-10-3-9-4-11(12)7-16(17,5-9)6-10/h8-12,20H,3-7H2,1-2H3,(H,18,19). The fourth-order valence-corrected chi connectivity index (χ4v) is 5.97. The number of aromatic hydroxyl groups is 1. The van der Waals surface area contributed by atoms with Crippen LogP contribution in [0.5, 0.6) is 5.88 Å². The Morgan fingerprint density at radius 2 is 1.95 bits per heavy atom. The lowest BCUT2D eigenvalue weighted by molar-refractivity contribution is -0.0800. The van der Waals surface area contributed by atoms with Crippen molar-refractivity contribution in [2.75, 3.05) is 5.32 Å². The molecule has 4 aliphatic carbocycles. The third-order valence-corrected chi connectivity index (χ3v) is 6.92. The quantitative estimate of drug-likeness (QED) is 0.875. The first-order valence-corrected chi connectivity index (χ1v) is 8.90. The average molecular weight is 310 g/mol. The Bertz CT molecular complexity index is 542. The minimum absolute atomic E-state index is 0.156. The molecule has 1 aromatic rings. The molecule has 2 N–H and O–H groups in total. The molecule has 4 fully saturated rings. The summed E-state index contributed by atoms with van der Waals surface area (Å²) in [5.41, 5.74) is -0.886.